The molecule has 0 bridgehead atoms. The molecule has 106 valence electrons. The minimum Gasteiger partial charge on any atom is -0.508 e. The molecule has 0 radical (unpaired) electrons. The number of aryl methyl sites for hydroxylation is 1. The monoisotopic (exact) mass is 266 g/mol. The van der Waals surface area contributed by atoms with E-state index in [1.165, 1.54) is 6.07 Å². The summed E-state index contributed by atoms with van der Waals surface area (Å²) in [6.45, 7) is 7.45. The van der Waals surface area contributed by atoms with Gasteiger partial charge >= 0.3 is 5.97 Å². The molecule has 0 amide bonds. The highest BCUT2D eigenvalue weighted by Crippen LogP contribution is 2.29. The molecule has 1 aromatic carbocycles. The van der Waals surface area contributed by atoms with Crippen molar-refractivity contribution in [3.63, 3.8) is 0 Å². The molecule has 0 saturated heterocycles. The second-order valence-corrected chi connectivity index (χ2v) is 4.87. The molecule has 1 rings (SSSR count). The van der Waals surface area contributed by atoms with Crippen molar-refractivity contribution >= 4 is 5.97 Å². The number of esters is 1. The molecule has 0 spiro atoms. The molecule has 0 aromatic heterocycles. The van der Waals surface area contributed by atoms with Gasteiger partial charge in [-0.1, -0.05) is 19.4 Å². The first-order valence-corrected chi connectivity index (χ1v) is 6.58. The Balaban J connectivity index is 2.96. The smallest absolute Gasteiger partial charge is 0.349 e. The van der Waals surface area contributed by atoms with E-state index in [2.05, 4.69) is 6.92 Å². The van der Waals surface area contributed by atoms with E-state index in [-0.39, 0.29) is 5.75 Å². The Bertz CT molecular complexity index is 438. The Hall–Kier alpha value is -1.71. The van der Waals surface area contributed by atoms with Gasteiger partial charge in [-0.3, -0.25) is 0 Å². The average Bonchev–Trinajstić information content (AvgIpc) is 2.32. The SMILES string of the molecule is CCCc1ccc(O)cc1OC(C)(C)C(=O)OCC. The average molecular weight is 266 g/mol. The van der Waals surface area contributed by atoms with Crippen molar-refractivity contribution in [3.8, 4) is 11.5 Å². The molecule has 0 unspecified atom stereocenters. The summed E-state index contributed by atoms with van der Waals surface area (Å²) in [5.41, 5.74) is -0.107. The quantitative estimate of drug-likeness (QED) is 0.804. The third kappa shape index (κ3) is 4.16. The molecule has 1 N–H and O–H groups in total. The summed E-state index contributed by atoms with van der Waals surface area (Å²) in [4.78, 5) is 11.8. The fourth-order valence-electron chi connectivity index (χ4n) is 1.74. The second kappa shape index (κ2) is 6.45. The lowest BCUT2D eigenvalue weighted by Gasteiger charge is -2.25. The molecular weight excluding hydrogens is 244 g/mol. The van der Waals surface area contributed by atoms with Gasteiger partial charge in [-0.2, -0.15) is 0 Å². The Morgan fingerprint density at radius 3 is 2.58 bits per heavy atom. The number of hydrogen-bond donors (Lipinski definition) is 1. The van der Waals surface area contributed by atoms with Gasteiger partial charge in [-0.15, -0.1) is 0 Å². The predicted molar refractivity (Wildman–Crippen MR) is 73.4 cm³/mol. The lowest BCUT2D eigenvalue weighted by atomic mass is 10.1. The second-order valence-electron chi connectivity index (χ2n) is 4.87. The minimum absolute atomic E-state index is 0.120. The van der Waals surface area contributed by atoms with Crippen LogP contribution in [0.1, 0.15) is 39.7 Å². The van der Waals surface area contributed by atoms with Crippen molar-refractivity contribution in [2.75, 3.05) is 6.61 Å². The van der Waals surface area contributed by atoms with Crippen LogP contribution >= 0.6 is 0 Å². The van der Waals surface area contributed by atoms with Gasteiger partial charge in [0.05, 0.1) is 6.61 Å². The van der Waals surface area contributed by atoms with Crippen LogP contribution in [0.3, 0.4) is 0 Å². The van der Waals surface area contributed by atoms with Crippen molar-refractivity contribution < 1.29 is 19.4 Å². The van der Waals surface area contributed by atoms with Crippen LogP contribution in [-0.2, 0) is 16.0 Å². The van der Waals surface area contributed by atoms with Crippen molar-refractivity contribution in [1.82, 2.24) is 0 Å². The van der Waals surface area contributed by atoms with E-state index in [1.54, 1.807) is 26.8 Å². The van der Waals surface area contributed by atoms with Crippen molar-refractivity contribution in [2.24, 2.45) is 0 Å². The van der Waals surface area contributed by atoms with Gasteiger partial charge in [0.2, 0.25) is 0 Å². The van der Waals surface area contributed by atoms with E-state index < -0.39 is 11.6 Å². The van der Waals surface area contributed by atoms with Crippen molar-refractivity contribution in [3.05, 3.63) is 23.8 Å². The van der Waals surface area contributed by atoms with Crippen LogP contribution in [0, 0.1) is 0 Å². The lowest BCUT2D eigenvalue weighted by molar-refractivity contribution is -0.158. The number of rotatable bonds is 6. The van der Waals surface area contributed by atoms with Gasteiger partial charge in [0.1, 0.15) is 11.5 Å². The molecule has 1 aromatic rings. The summed E-state index contributed by atoms with van der Waals surface area (Å²) >= 11 is 0. The number of benzene rings is 1. The summed E-state index contributed by atoms with van der Waals surface area (Å²) in [6.07, 6.45) is 1.79. The zero-order chi connectivity index (χ0) is 14.5. The zero-order valence-corrected chi connectivity index (χ0v) is 12.0. The molecule has 4 nitrogen and oxygen atoms in total. The Morgan fingerprint density at radius 1 is 1.32 bits per heavy atom. The highest BCUT2D eigenvalue weighted by Gasteiger charge is 2.32. The molecule has 0 heterocycles. The van der Waals surface area contributed by atoms with Crippen LogP contribution in [0.5, 0.6) is 11.5 Å². The standard InChI is InChI=1S/C15H22O4/c1-5-7-11-8-9-12(16)10-13(11)19-15(3,4)14(17)18-6-2/h8-10,16H,5-7H2,1-4H3. The predicted octanol–water partition coefficient (Wildman–Crippen LogP) is 3.07. The largest absolute Gasteiger partial charge is 0.508 e. The van der Waals surface area contributed by atoms with Gasteiger partial charge in [0.15, 0.2) is 5.60 Å². The summed E-state index contributed by atoms with van der Waals surface area (Å²) < 4.78 is 10.7. The number of phenols is 1. The first-order valence-electron chi connectivity index (χ1n) is 6.58. The number of ether oxygens (including phenoxy) is 2. The Labute approximate surface area is 114 Å². The van der Waals surface area contributed by atoms with Gasteiger partial charge in [-0.05, 0) is 38.8 Å². The molecule has 0 aliphatic rings. The van der Waals surface area contributed by atoms with Crippen LogP contribution in [0.2, 0.25) is 0 Å². The number of carbonyl (C=O) groups is 1. The molecule has 0 saturated carbocycles. The summed E-state index contributed by atoms with van der Waals surface area (Å²) in [5.74, 6) is 0.232. The van der Waals surface area contributed by atoms with E-state index >= 15 is 0 Å². The van der Waals surface area contributed by atoms with Crippen LogP contribution in [0.4, 0.5) is 0 Å². The van der Waals surface area contributed by atoms with Crippen LogP contribution in [0.15, 0.2) is 18.2 Å². The minimum atomic E-state index is -1.08. The topological polar surface area (TPSA) is 55.8 Å². The number of hydrogen-bond acceptors (Lipinski definition) is 4. The highest BCUT2D eigenvalue weighted by molar-refractivity contribution is 5.79. The van der Waals surface area contributed by atoms with Crippen LogP contribution in [-0.4, -0.2) is 23.3 Å². The summed E-state index contributed by atoms with van der Waals surface area (Å²) in [6, 6.07) is 4.97. The van der Waals surface area contributed by atoms with Gasteiger partial charge in [0, 0.05) is 6.07 Å². The molecule has 0 fully saturated rings. The fourth-order valence-corrected chi connectivity index (χ4v) is 1.74. The van der Waals surface area contributed by atoms with E-state index in [0.29, 0.717) is 12.4 Å². The van der Waals surface area contributed by atoms with E-state index in [1.807, 2.05) is 6.07 Å². The first kappa shape index (κ1) is 15.3. The van der Waals surface area contributed by atoms with Crippen molar-refractivity contribution in [2.45, 2.75) is 46.1 Å². The Kier molecular flexibility index (Phi) is 5.21. The van der Waals surface area contributed by atoms with Crippen LogP contribution < -0.4 is 4.74 Å². The Morgan fingerprint density at radius 2 is 2.00 bits per heavy atom. The number of carbonyl (C=O) groups excluding carboxylic acids is 1. The van der Waals surface area contributed by atoms with Crippen LogP contribution in [0.25, 0.3) is 0 Å². The molecular formula is C15H22O4. The maximum atomic E-state index is 11.8. The number of phenolic OH excluding ortho intramolecular Hbond substituents is 1. The maximum Gasteiger partial charge on any atom is 0.349 e. The third-order valence-electron chi connectivity index (χ3n) is 2.70. The molecule has 0 aliphatic heterocycles. The first-order chi connectivity index (χ1) is 8.90. The number of aromatic hydroxyl groups is 1. The highest BCUT2D eigenvalue weighted by atomic mass is 16.6. The fraction of sp³-hybridized carbons (Fsp3) is 0.533. The zero-order valence-electron chi connectivity index (χ0n) is 12.0. The van der Waals surface area contributed by atoms with E-state index in [4.69, 9.17) is 9.47 Å². The molecule has 4 heteroatoms. The van der Waals surface area contributed by atoms with Crippen molar-refractivity contribution in [1.29, 1.82) is 0 Å². The van der Waals surface area contributed by atoms with E-state index in [0.717, 1.165) is 18.4 Å². The van der Waals surface area contributed by atoms with Gasteiger partial charge in [0.25, 0.3) is 0 Å². The van der Waals surface area contributed by atoms with E-state index in [9.17, 15) is 9.90 Å². The molecule has 19 heavy (non-hydrogen) atoms. The van der Waals surface area contributed by atoms with Gasteiger partial charge < -0.3 is 14.6 Å². The summed E-state index contributed by atoms with van der Waals surface area (Å²) in [7, 11) is 0. The molecule has 0 atom stereocenters. The van der Waals surface area contributed by atoms with Gasteiger partial charge in [-0.25, -0.2) is 4.79 Å². The third-order valence-corrected chi connectivity index (χ3v) is 2.70. The summed E-state index contributed by atoms with van der Waals surface area (Å²) in [5, 5.41) is 9.55. The lowest BCUT2D eigenvalue weighted by Crippen LogP contribution is -2.40. The normalized spacial score (nSPS) is 11.2. The maximum absolute atomic E-state index is 11.8. The molecule has 0 aliphatic carbocycles.